The van der Waals surface area contributed by atoms with Gasteiger partial charge in [0.25, 0.3) is 0 Å². The van der Waals surface area contributed by atoms with Crippen LogP contribution in [-0.4, -0.2) is 34.2 Å². The van der Waals surface area contributed by atoms with Crippen LogP contribution >= 0.6 is 12.6 Å². The van der Waals surface area contributed by atoms with E-state index in [2.05, 4.69) is 19.2 Å². The third-order valence-corrected chi connectivity index (χ3v) is 1.82. The first-order valence-corrected chi connectivity index (χ1v) is 6.48. The monoisotopic (exact) mass is 289 g/mol. The molecule has 0 aromatic rings. The van der Waals surface area contributed by atoms with E-state index in [9.17, 15) is 9.59 Å². The molecule has 0 aromatic carbocycles. The normalized spacial score (nSPS) is 11.7. The van der Waals surface area contributed by atoms with Crippen molar-refractivity contribution in [3.8, 4) is 0 Å². The van der Waals surface area contributed by atoms with Crippen molar-refractivity contribution in [3.05, 3.63) is 12.7 Å². The molecule has 0 aromatic heterocycles. The number of hydrogen-bond acceptors (Lipinski definition) is 5. The molecule has 0 bridgehead atoms. The molecule has 2 amide bonds. The first-order chi connectivity index (χ1) is 8.46. The van der Waals surface area contributed by atoms with Crippen LogP contribution in [0.2, 0.25) is 0 Å². The Balaban J connectivity index is 4.84. The van der Waals surface area contributed by atoms with Gasteiger partial charge in [0, 0.05) is 6.54 Å². The summed E-state index contributed by atoms with van der Waals surface area (Å²) in [5.41, 5.74) is -0.680. The fraction of sp³-hybridized carbons (Fsp3) is 0.692. The number of thiol groups is 1. The number of ether oxygens (including phenoxy) is 2. The van der Waals surface area contributed by atoms with Crippen LogP contribution in [0.1, 0.15) is 41.0 Å². The minimum absolute atomic E-state index is 0.154. The van der Waals surface area contributed by atoms with Crippen molar-refractivity contribution >= 4 is 24.8 Å². The second kappa shape index (κ2) is 6.84. The lowest BCUT2D eigenvalue weighted by molar-refractivity contribution is 0.0150. The van der Waals surface area contributed by atoms with Crippen LogP contribution in [-0.2, 0) is 9.47 Å². The zero-order valence-electron chi connectivity index (χ0n) is 12.2. The lowest BCUT2D eigenvalue weighted by Gasteiger charge is -2.28. The number of imide groups is 1. The van der Waals surface area contributed by atoms with Gasteiger partial charge in [0.15, 0.2) is 4.93 Å². The minimum Gasteiger partial charge on any atom is -0.443 e. The first-order valence-electron chi connectivity index (χ1n) is 6.03. The van der Waals surface area contributed by atoms with E-state index >= 15 is 0 Å². The largest absolute Gasteiger partial charge is 0.443 e. The second-order valence-electron chi connectivity index (χ2n) is 5.52. The van der Waals surface area contributed by atoms with E-state index < -0.39 is 22.7 Å². The molecule has 0 aliphatic heterocycles. The van der Waals surface area contributed by atoms with Crippen molar-refractivity contribution in [2.75, 3.05) is 6.54 Å². The maximum Gasteiger partial charge on any atom is 0.420 e. The zero-order chi connectivity index (χ0) is 15.3. The van der Waals surface area contributed by atoms with Gasteiger partial charge in [-0.3, -0.25) is 0 Å². The fourth-order valence-electron chi connectivity index (χ4n) is 1.06. The van der Waals surface area contributed by atoms with Crippen LogP contribution in [0.25, 0.3) is 0 Å². The highest BCUT2D eigenvalue weighted by molar-refractivity contribution is 7.81. The van der Waals surface area contributed by atoms with Crippen molar-refractivity contribution in [2.45, 2.75) is 51.6 Å². The van der Waals surface area contributed by atoms with Crippen molar-refractivity contribution in [1.82, 2.24) is 4.90 Å². The Bertz CT molecular complexity index is 314. The zero-order valence-corrected chi connectivity index (χ0v) is 13.1. The Morgan fingerprint density at radius 2 is 1.63 bits per heavy atom. The summed E-state index contributed by atoms with van der Waals surface area (Å²) in [7, 11) is 0. The smallest absolute Gasteiger partial charge is 0.420 e. The highest BCUT2D eigenvalue weighted by Crippen LogP contribution is 2.17. The van der Waals surface area contributed by atoms with Crippen LogP contribution in [0, 0.1) is 0 Å². The molecule has 0 unspecified atom stereocenters. The summed E-state index contributed by atoms with van der Waals surface area (Å²) in [5.74, 6) is 0. The third-order valence-electron chi connectivity index (χ3n) is 1.73. The lowest BCUT2D eigenvalue weighted by atomic mass is 10.2. The maximum atomic E-state index is 11.9. The Hall–Kier alpha value is -1.17. The maximum absolute atomic E-state index is 11.9. The molecule has 0 saturated carbocycles. The molecule has 0 aliphatic carbocycles. The standard InChI is InChI=1S/C13H23NO4S/c1-7-8-9-14(10(15)17-12(2,3)4)11(16)18-13(5,6)19/h7,19H,1,8-9H2,2-6H3. The SMILES string of the molecule is C=CCCN(C(=O)OC(C)(C)C)C(=O)OC(C)(C)S. The topological polar surface area (TPSA) is 55.8 Å². The van der Waals surface area contributed by atoms with E-state index in [0.717, 1.165) is 4.90 Å². The summed E-state index contributed by atoms with van der Waals surface area (Å²) in [6.45, 7) is 12.1. The molecule has 6 heteroatoms. The van der Waals surface area contributed by atoms with Crippen molar-refractivity contribution in [1.29, 1.82) is 0 Å². The quantitative estimate of drug-likeness (QED) is 0.488. The molecule has 110 valence electrons. The average Bonchev–Trinajstić information content (AvgIpc) is 2.12. The molecule has 0 heterocycles. The lowest BCUT2D eigenvalue weighted by Crippen LogP contribution is -2.43. The Labute approximate surface area is 120 Å². The molecule has 0 rings (SSSR count). The summed E-state index contributed by atoms with van der Waals surface area (Å²) in [6, 6.07) is 0. The minimum atomic E-state index is -0.967. The molecular weight excluding hydrogens is 266 g/mol. The number of nitrogens with zero attached hydrogens (tertiary/aromatic N) is 1. The molecular formula is C13H23NO4S. The first kappa shape index (κ1) is 17.8. The van der Waals surface area contributed by atoms with E-state index in [1.807, 2.05) is 0 Å². The fourth-order valence-corrected chi connectivity index (χ4v) is 1.14. The molecule has 0 atom stereocenters. The van der Waals surface area contributed by atoms with Gasteiger partial charge in [-0.25, -0.2) is 14.5 Å². The van der Waals surface area contributed by atoms with Gasteiger partial charge in [0.05, 0.1) is 0 Å². The number of amides is 2. The van der Waals surface area contributed by atoms with E-state index in [0.29, 0.717) is 6.42 Å². The van der Waals surface area contributed by atoms with Crippen LogP contribution < -0.4 is 0 Å². The second-order valence-corrected chi connectivity index (χ2v) is 6.60. The predicted molar refractivity (Wildman–Crippen MR) is 77.3 cm³/mol. The van der Waals surface area contributed by atoms with E-state index in [4.69, 9.17) is 9.47 Å². The summed E-state index contributed by atoms with van der Waals surface area (Å²) in [4.78, 5) is 23.8. The van der Waals surface area contributed by atoms with Crippen LogP contribution in [0.15, 0.2) is 12.7 Å². The molecule has 0 aliphatic rings. The van der Waals surface area contributed by atoms with Gasteiger partial charge in [-0.05, 0) is 41.0 Å². The summed E-state index contributed by atoms with van der Waals surface area (Å²) in [5, 5.41) is 0. The van der Waals surface area contributed by atoms with Gasteiger partial charge in [0.1, 0.15) is 5.60 Å². The van der Waals surface area contributed by atoms with E-state index in [-0.39, 0.29) is 6.54 Å². The highest BCUT2D eigenvalue weighted by Gasteiger charge is 2.30. The number of carbonyl (C=O) groups is 2. The van der Waals surface area contributed by atoms with E-state index in [1.165, 1.54) is 0 Å². The summed E-state index contributed by atoms with van der Waals surface area (Å²) in [6.07, 6.45) is 0.547. The van der Waals surface area contributed by atoms with Gasteiger partial charge < -0.3 is 9.47 Å². The van der Waals surface area contributed by atoms with Crippen LogP contribution in [0.3, 0.4) is 0 Å². The van der Waals surface area contributed by atoms with E-state index in [1.54, 1.807) is 40.7 Å². The number of carbonyl (C=O) groups excluding carboxylic acids is 2. The van der Waals surface area contributed by atoms with Crippen molar-refractivity contribution in [3.63, 3.8) is 0 Å². The molecule has 0 fully saturated rings. The Morgan fingerprint density at radius 1 is 1.16 bits per heavy atom. The summed E-state index contributed by atoms with van der Waals surface area (Å²) < 4.78 is 10.2. The number of hydrogen-bond donors (Lipinski definition) is 1. The molecule has 0 spiro atoms. The van der Waals surface area contributed by atoms with Crippen LogP contribution in [0.4, 0.5) is 9.59 Å². The van der Waals surface area contributed by atoms with Crippen LogP contribution in [0.5, 0.6) is 0 Å². The Kier molecular flexibility index (Phi) is 6.42. The molecule has 19 heavy (non-hydrogen) atoms. The number of rotatable bonds is 4. The van der Waals surface area contributed by atoms with Gasteiger partial charge in [0.2, 0.25) is 0 Å². The van der Waals surface area contributed by atoms with Gasteiger partial charge in [-0.2, -0.15) is 0 Å². The molecule has 0 radical (unpaired) electrons. The molecule has 5 nitrogen and oxygen atoms in total. The Morgan fingerprint density at radius 3 is 2.00 bits per heavy atom. The third kappa shape index (κ3) is 8.53. The van der Waals surface area contributed by atoms with Crippen molar-refractivity contribution in [2.24, 2.45) is 0 Å². The molecule has 0 saturated heterocycles. The van der Waals surface area contributed by atoms with Crippen molar-refractivity contribution < 1.29 is 19.1 Å². The molecule has 0 N–H and O–H groups in total. The van der Waals surface area contributed by atoms with Gasteiger partial charge in [-0.1, -0.05) is 6.08 Å². The predicted octanol–water partition coefficient (Wildman–Crippen LogP) is 3.60. The highest BCUT2D eigenvalue weighted by atomic mass is 32.1. The summed E-state index contributed by atoms with van der Waals surface area (Å²) >= 11 is 4.09. The van der Waals surface area contributed by atoms with Gasteiger partial charge >= 0.3 is 12.2 Å². The van der Waals surface area contributed by atoms with Gasteiger partial charge in [-0.15, -0.1) is 19.2 Å². The average molecular weight is 289 g/mol.